The Morgan fingerprint density at radius 3 is 0.947 bits per heavy atom. The number of isocyanates is 4. The fourth-order valence-corrected chi connectivity index (χ4v) is 1.72. The van der Waals surface area contributed by atoms with Crippen molar-refractivity contribution in [2.75, 3.05) is 0 Å². The van der Waals surface area contributed by atoms with Crippen molar-refractivity contribution in [3.05, 3.63) is 12.2 Å². The Morgan fingerprint density at radius 2 is 0.895 bits per heavy atom. The maximum Gasteiger partial charge on any atom is 0.231 e. The van der Waals surface area contributed by atoms with Gasteiger partial charge >= 0.3 is 0 Å². The summed E-state index contributed by atoms with van der Waals surface area (Å²) < 4.78 is 0. The summed E-state index contributed by atoms with van der Waals surface area (Å²) in [7, 11) is 0. The highest BCUT2D eigenvalue weighted by molar-refractivity contribution is 5.26. The molecule has 2 unspecified atom stereocenters. The van der Waals surface area contributed by atoms with Crippen LogP contribution in [0, 0.1) is 33.5 Å². The smallest absolute Gasteiger partial charge is 0.222 e. The molecule has 0 aliphatic heterocycles. The van der Waals surface area contributed by atoms with Gasteiger partial charge < -0.3 is 0 Å². The van der Waals surface area contributed by atoms with E-state index >= 15 is 0 Å². The minimum atomic E-state index is 0.750. The maximum atomic E-state index is 8.35. The molecule has 0 aromatic heterocycles. The summed E-state index contributed by atoms with van der Waals surface area (Å²) in [6.45, 7) is 0. The highest BCUT2D eigenvalue weighted by Crippen LogP contribution is 2.38. The molecule has 19 heavy (non-hydrogen) atoms. The largest absolute Gasteiger partial charge is 0.231 e. The number of allylic oxidation sites excluding steroid dienone is 2. The van der Waals surface area contributed by atoms with E-state index in [9.17, 15) is 0 Å². The van der Waals surface area contributed by atoms with E-state index in [4.69, 9.17) is 40.8 Å². The fraction of sp³-hybridized carbons (Fsp3) is 0.455. The second-order valence-corrected chi connectivity index (χ2v) is 3.13. The molecule has 102 valence electrons. The molecule has 0 radical (unpaired) electrons. The van der Waals surface area contributed by atoms with Gasteiger partial charge in [0.1, 0.15) is 0 Å². The van der Waals surface area contributed by atoms with Gasteiger partial charge in [-0.1, -0.05) is 12.2 Å². The highest BCUT2D eigenvalue weighted by atomic mass is 16.1. The first-order valence-electron chi connectivity index (χ1n) is 4.95. The van der Waals surface area contributed by atoms with Crippen molar-refractivity contribution in [3.8, 4) is 0 Å². The number of hydrogen-bond donors (Lipinski definition) is 4. The molecule has 2 atom stereocenters. The van der Waals surface area contributed by atoms with Crippen LogP contribution in [0.15, 0.2) is 12.2 Å². The zero-order chi connectivity index (χ0) is 15.5. The van der Waals surface area contributed by atoms with Gasteiger partial charge in [0, 0.05) is 0 Å². The predicted octanol–water partition coefficient (Wildman–Crippen LogP) is 1.58. The van der Waals surface area contributed by atoms with E-state index in [0.29, 0.717) is 0 Å². The lowest BCUT2D eigenvalue weighted by Gasteiger charge is -1.96. The van der Waals surface area contributed by atoms with Gasteiger partial charge in [-0.2, -0.15) is 0 Å². The van der Waals surface area contributed by atoms with Gasteiger partial charge in [-0.05, 0) is 31.1 Å². The number of hydrogen-bond acceptors (Lipinski definition) is 8. The molecule has 0 aromatic rings. The summed E-state index contributed by atoms with van der Waals surface area (Å²) in [6.07, 6.45) is 12.2. The number of fused-ring (bicyclic) bond motifs is 2. The normalized spacial score (nSPS) is 18.5. The standard InChI is InChI=1S/C7H10.4CHNO/c1-2-7-4-3-6(1)5-7;4*2-1-3/h1-2,6-7H,3-5H2;4*2H. The molecule has 2 aliphatic rings. The van der Waals surface area contributed by atoms with E-state index in [1.54, 1.807) is 0 Å². The van der Waals surface area contributed by atoms with Gasteiger partial charge in [-0.3, -0.25) is 0 Å². The van der Waals surface area contributed by atoms with Crippen molar-refractivity contribution in [2.24, 2.45) is 11.8 Å². The summed E-state index contributed by atoms with van der Waals surface area (Å²) in [4.78, 5) is 33.4. The van der Waals surface area contributed by atoms with E-state index in [-0.39, 0.29) is 0 Å². The van der Waals surface area contributed by atoms with Crippen LogP contribution in [0.25, 0.3) is 0 Å². The molecule has 1 saturated carbocycles. The molecule has 2 aliphatic carbocycles. The molecule has 0 heterocycles. The number of nitrogens with one attached hydrogen (secondary N) is 4. The van der Waals surface area contributed by atoms with Gasteiger partial charge in [0.2, 0.25) is 24.3 Å². The molecule has 0 spiro atoms. The molecule has 0 aromatic carbocycles. The van der Waals surface area contributed by atoms with E-state index in [1.165, 1.54) is 19.3 Å². The molecule has 0 saturated heterocycles. The van der Waals surface area contributed by atoms with Gasteiger partial charge in [0.05, 0.1) is 0 Å². The van der Waals surface area contributed by atoms with Crippen LogP contribution in [-0.2, 0) is 19.2 Å². The Balaban J connectivity index is -0.000000187. The zero-order valence-corrected chi connectivity index (χ0v) is 10.1. The van der Waals surface area contributed by atoms with Crippen LogP contribution in [0.1, 0.15) is 19.3 Å². The monoisotopic (exact) mass is 266 g/mol. The molecular weight excluding hydrogens is 252 g/mol. The van der Waals surface area contributed by atoms with E-state index in [1.807, 2.05) is 0 Å². The lowest BCUT2D eigenvalue weighted by Crippen LogP contribution is -1.82. The van der Waals surface area contributed by atoms with Gasteiger partial charge in [0.25, 0.3) is 0 Å². The topological polar surface area (TPSA) is 164 Å². The third-order valence-corrected chi connectivity index (χ3v) is 2.17. The highest BCUT2D eigenvalue weighted by Gasteiger charge is 2.25. The third-order valence-electron chi connectivity index (χ3n) is 2.17. The predicted molar refractivity (Wildman–Crippen MR) is 63.6 cm³/mol. The SMILES string of the molecule is C1=CC2CCC1C2.N=C=O.N=C=O.N=C=O.N=C=O. The average molecular weight is 266 g/mol. The van der Waals surface area contributed by atoms with E-state index < -0.39 is 0 Å². The second-order valence-electron chi connectivity index (χ2n) is 3.13. The lowest BCUT2D eigenvalue weighted by atomic mass is 10.1. The van der Waals surface area contributed by atoms with Crippen LogP contribution in [0.4, 0.5) is 0 Å². The van der Waals surface area contributed by atoms with Crippen LogP contribution in [0.5, 0.6) is 0 Å². The maximum absolute atomic E-state index is 8.35. The van der Waals surface area contributed by atoms with E-state index in [2.05, 4.69) is 12.2 Å². The van der Waals surface area contributed by atoms with Crippen molar-refractivity contribution in [3.63, 3.8) is 0 Å². The molecule has 4 N–H and O–H groups in total. The summed E-state index contributed by atoms with van der Waals surface area (Å²) in [5.41, 5.74) is 0. The average Bonchev–Trinajstić information content (AvgIpc) is 2.97. The van der Waals surface area contributed by atoms with Crippen LogP contribution in [-0.4, -0.2) is 24.3 Å². The summed E-state index contributed by atoms with van der Waals surface area (Å²) in [6, 6.07) is 0. The van der Waals surface area contributed by atoms with Crippen molar-refractivity contribution in [1.82, 2.24) is 0 Å². The number of carbonyl (C=O) groups excluding carboxylic acids is 4. The molecule has 8 nitrogen and oxygen atoms in total. The fourth-order valence-electron chi connectivity index (χ4n) is 1.72. The molecule has 2 bridgehead atoms. The van der Waals surface area contributed by atoms with Crippen molar-refractivity contribution in [1.29, 1.82) is 21.6 Å². The number of rotatable bonds is 0. The van der Waals surface area contributed by atoms with Crippen molar-refractivity contribution in [2.45, 2.75) is 19.3 Å². The second kappa shape index (κ2) is 20.6. The van der Waals surface area contributed by atoms with Crippen molar-refractivity contribution >= 4 is 24.3 Å². The minimum Gasteiger partial charge on any atom is -0.222 e. The van der Waals surface area contributed by atoms with Gasteiger partial charge in [-0.25, -0.2) is 40.8 Å². The first kappa shape index (κ1) is 21.5. The third kappa shape index (κ3) is 21.2. The minimum absolute atomic E-state index is 0.750. The van der Waals surface area contributed by atoms with Crippen LogP contribution < -0.4 is 0 Å². The quantitative estimate of drug-likeness (QED) is 0.297. The molecule has 8 heteroatoms. The lowest BCUT2D eigenvalue weighted by molar-refractivity contribution is 0.562. The zero-order valence-electron chi connectivity index (χ0n) is 10.1. The Kier molecular flexibility index (Phi) is 23.4. The molecule has 2 rings (SSSR count). The van der Waals surface area contributed by atoms with Crippen LogP contribution in [0.3, 0.4) is 0 Å². The molecule has 0 amide bonds. The Bertz CT molecular complexity index is 321. The van der Waals surface area contributed by atoms with E-state index in [0.717, 1.165) is 36.2 Å². The molecule has 1 fully saturated rings. The van der Waals surface area contributed by atoms with Gasteiger partial charge in [-0.15, -0.1) is 0 Å². The first-order valence-corrected chi connectivity index (χ1v) is 4.95. The Labute approximate surface area is 109 Å². The first-order chi connectivity index (χ1) is 9.11. The van der Waals surface area contributed by atoms with Crippen molar-refractivity contribution < 1.29 is 19.2 Å². The summed E-state index contributed by atoms with van der Waals surface area (Å²) >= 11 is 0. The van der Waals surface area contributed by atoms with Crippen LogP contribution in [0.2, 0.25) is 0 Å². The summed E-state index contributed by atoms with van der Waals surface area (Å²) in [5, 5.41) is 21.6. The molecular formula is C11H14N4O4. The van der Waals surface area contributed by atoms with Gasteiger partial charge in [0.15, 0.2) is 0 Å². The Morgan fingerprint density at radius 1 is 0.684 bits per heavy atom. The van der Waals surface area contributed by atoms with Crippen LogP contribution >= 0.6 is 0 Å². The summed E-state index contributed by atoms with van der Waals surface area (Å²) in [5.74, 6) is 1.98. The Hall–Kier alpha value is -2.74.